The maximum Gasteiger partial charge on any atom is 0.345 e. The number of amides is 3. The van der Waals surface area contributed by atoms with E-state index in [9.17, 15) is 9.59 Å². The van der Waals surface area contributed by atoms with Gasteiger partial charge in [-0.2, -0.15) is 0 Å². The van der Waals surface area contributed by atoms with Crippen LogP contribution >= 0.6 is 11.6 Å². The molecule has 0 aromatic heterocycles. The van der Waals surface area contributed by atoms with Crippen LogP contribution in [0.3, 0.4) is 0 Å². The molecule has 30 heavy (non-hydrogen) atoms. The Morgan fingerprint density at radius 2 is 1.93 bits per heavy atom. The lowest BCUT2D eigenvalue weighted by molar-refractivity contribution is -0.137. The monoisotopic (exact) mass is 428 g/mol. The van der Waals surface area contributed by atoms with Gasteiger partial charge < -0.3 is 0 Å². The molecule has 0 fully saturated rings. The fraction of sp³-hybridized carbons (Fsp3) is 0.273. The van der Waals surface area contributed by atoms with Crippen LogP contribution in [0.2, 0.25) is 5.02 Å². The normalized spacial score (nSPS) is 13.5. The first kappa shape index (κ1) is 21.8. The van der Waals surface area contributed by atoms with Crippen molar-refractivity contribution in [3.8, 4) is 0 Å². The highest BCUT2D eigenvalue weighted by Gasteiger charge is 2.20. The number of carbonyl (C=O) groups excluding carboxylic acids is 2. The minimum absolute atomic E-state index is 0.120. The van der Waals surface area contributed by atoms with Crippen LogP contribution in [-0.4, -0.2) is 34.5 Å². The third-order valence-corrected chi connectivity index (χ3v) is 5.12. The van der Waals surface area contributed by atoms with E-state index in [0.717, 1.165) is 16.7 Å². The number of fused-ring (bicyclic) bond motifs is 1. The van der Waals surface area contributed by atoms with Gasteiger partial charge in [0.25, 0.3) is 0 Å². The minimum Gasteiger partial charge on any atom is -0.295 e. The zero-order valence-corrected chi connectivity index (χ0v) is 17.7. The van der Waals surface area contributed by atoms with Crippen LogP contribution in [-0.2, 0) is 22.7 Å². The number of benzene rings is 2. The summed E-state index contributed by atoms with van der Waals surface area (Å²) in [5.41, 5.74) is 8.55. The Balaban J connectivity index is 1.47. The van der Waals surface area contributed by atoms with Crippen LogP contribution in [0.1, 0.15) is 30.5 Å². The molecule has 1 heterocycles. The molecular weight excluding hydrogens is 404 g/mol. The van der Waals surface area contributed by atoms with Crippen LogP contribution in [0, 0.1) is 0 Å². The van der Waals surface area contributed by atoms with E-state index in [2.05, 4.69) is 10.9 Å². The van der Waals surface area contributed by atoms with Gasteiger partial charge in [0.1, 0.15) is 0 Å². The lowest BCUT2D eigenvalue weighted by atomic mass is 10.0. The van der Waals surface area contributed by atoms with Crippen molar-refractivity contribution in [3.63, 3.8) is 0 Å². The maximum atomic E-state index is 12.4. The molecule has 2 aromatic rings. The molecule has 3 amide bonds. The Labute approximate surface area is 181 Å². The van der Waals surface area contributed by atoms with Gasteiger partial charge in [-0.15, -0.1) is 0 Å². The number of hydrogen-bond donors (Lipinski definition) is 2. The molecule has 0 unspecified atom stereocenters. The fourth-order valence-corrected chi connectivity index (χ4v) is 3.34. The molecule has 7 nitrogen and oxygen atoms in total. The number of halogens is 1. The van der Waals surface area contributed by atoms with Gasteiger partial charge in [-0.1, -0.05) is 54.1 Å². The Hall–Kier alpha value is -2.87. The lowest BCUT2D eigenvalue weighted by Gasteiger charge is -2.29. The van der Waals surface area contributed by atoms with Gasteiger partial charge in [0.2, 0.25) is 5.91 Å². The minimum atomic E-state index is -0.369. The van der Waals surface area contributed by atoms with Crippen molar-refractivity contribution < 1.29 is 14.4 Å². The van der Waals surface area contributed by atoms with E-state index >= 15 is 0 Å². The second kappa shape index (κ2) is 10.2. The Morgan fingerprint density at radius 3 is 2.70 bits per heavy atom. The van der Waals surface area contributed by atoms with Crippen LogP contribution in [0.4, 0.5) is 4.79 Å². The Bertz CT molecular complexity index is 934. The lowest BCUT2D eigenvalue weighted by Crippen LogP contribution is -2.50. The summed E-state index contributed by atoms with van der Waals surface area (Å²) in [6, 6.07) is 14.6. The zero-order valence-electron chi connectivity index (χ0n) is 17.0. The quantitative estimate of drug-likeness (QED) is 0.659. The third-order valence-electron chi connectivity index (χ3n) is 4.75. The standard InChI is InChI=1S/C22H25ClN4O3/c1-16(27(17(2)28)24-13-19-8-5-6-10-21(19)23)15-30-25-22(29)26-12-11-18-7-3-4-9-20(18)14-26/h3-12,16,24H,13-15H2,1-2H3,(H,25,29)/t16-/m1/s1. The van der Waals surface area contributed by atoms with E-state index in [1.54, 1.807) is 12.3 Å². The van der Waals surface area contributed by atoms with E-state index in [1.165, 1.54) is 16.8 Å². The van der Waals surface area contributed by atoms with Crippen molar-refractivity contribution in [1.82, 2.24) is 20.8 Å². The van der Waals surface area contributed by atoms with Crippen molar-refractivity contribution in [2.24, 2.45) is 0 Å². The summed E-state index contributed by atoms with van der Waals surface area (Å²) in [6.45, 7) is 4.27. The average Bonchev–Trinajstić information content (AvgIpc) is 2.74. The highest BCUT2D eigenvalue weighted by atomic mass is 35.5. The molecule has 158 valence electrons. The Morgan fingerprint density at radius 1 is 1.20 bits per heavy atom. The largest absolute Gasteiger partial charge is 0.345 e. The number of hydrogen-bond acceptors (Lipinski definition) is 4. The molecule has 1 aliphatic heterocycles. The Kier molecular flexibility index (Phi) is 7.46. The molecule has 0 aliphatic carbocycles. The molecule has 2 aromatic carbocycles. The molecular formula is C22H25ClN4O3. The molecule has 0 spiro atoms. The summed E-state index contributed by atoms with van der Waals surface area (Å²) in [7, 11) is 0. The summed E-state index contributed by atoms with van der Waals surface area (Å²) in [6.07, 6.45) is 3.61. The predicted molar refractivity (Wildman–Crippen MR) is 116 cm³/mol. The topological polar surface area (TPSA) is 73.9 Å². The van der Waals surface area contributed by atoms with Crippen molar-refractivity contribution >= 4 is 29.6 Å². The van der Waals surface area contributed by atoms with E-state index in [4.69, 9.17) is 16.4 Å². The van der Waals surface area contributed by atoms with E-state index in [0.29, 0.717) is 18.1 Å². The molecule has 1 atom stereocenters. The molecule has 0 bridgehead atoms. The number of hydroxylamine groups is 1. The van der Waals surface area contributed by atoms with Gasteiger partial charge in [-0.05, 0) is 35.8 Å². The number of urea groups is 1. The number of carbonyl (C=O) groups is 2. The number of rotatable bonds is 7. The van der Waals surface area contributed by atoms with E-state index in [-0.39, 0.29) is 24.6 Å². The highest BCUT2D eigenvalue weighted by molar-refractivity contribution is 6.31. The molecule has 0 saturated carbocycles. The SMILES string of the molecule is CC(=O)N(NCc1ccccc1Cl)[C@H](C)CONC(=O)N1C=Cc2ccccc2C1. The number of nitrogens with one attached hydrogen (secondary N) is 2. The van der Waals surface area contributed by atoms with Gasteiger partial charge >= 0.3 is 6.03 Å². The summed E-state index contributed by atoms with van der Waals surface area (Å²) >= 11 is 6.16. The number of hydrazine groups is 1. The molecule has 1 aliphatic rings. The third kappa shape index (κ3) is 5.60. The van der Waals surface area contributed by atoms with E-state index < -0.39 is 0 Å². The van der Waals surface area contributed by atoms with Gasteiger partial charge in [-0.25, -0.2) is 15.7 Å². The maximum absolute atomic E-state index is 12.4. The zero-order chi connectivity index (χ0) is 21.5. The molecule has 8 heteroatoms. The second-order valence-electron chi connectivity index (χ2n) is 7.03. The van der Waals surface area contributed by atoms with Crippen LogP contribution < -0.4 is 10.9 Å². The molecule has 0 radical (unpaired) electrons. The highest BCUT2D eigenvalue weighted by Crippen LogP contribution is 2.19. The van der Waals surface area contributed by atoms with Crippen LogP contribution in [0.25, 0.3) is 6.08 Å². The first-order valence-corrected chi connectivity index (χ1v) is 10.0. The van der Waals surface area contributed by atoms with Crippen molar-refractivity contribution in [2.45, 2.75) is 33.0 Å². The smallest absolute Gasteiger partial charge is 0.295 e. The predicted octanol–water partition coefficient (Wildman–Crippen LogP) is 3.71. The first-order chi connectivity index (χ1) is 14.5. The van der Waals surface area contributed by atoms with Crippen LogP contribution in [0.5, 0.6) is 0 Å². The molecule has 0 saturated heterocycles. The molecule has 3 rings (SSSR count). The van der Waals surface area contributed by atoms with Gasteiger partial charge in [0.05, 0.1) is 19.2 Å². The van der Waals surface area contributed by atoms with Gasteiger partial charge in [-0.3, -0.25) is 19.5 Å². The van der Waals surface area contributed by atoms with E-state index in [1.807, 2.05) is 55.5 Å². The first-order valence-electron chi connectivity index (χ1n) is 9.67. The second-order valence-corrected chi connectivity index (χ2v) is 7.43. The summed E-state index contributed by atoms with van der Waals surface area (Å²) < 4.78 is 0. The summed E-state index contributed by atoms with van der Waals surface area (Å²) in [5.74, 6) is -0.167. The number of nitrogens with zero attached hydrogens (tertiary/aromatic N) is 2. The van der Waals surface area contributed by atoms with Gasteiger partial charge in [0, 0.05) is 24.7 Å². The fourth-order valence-electron chi connectivity index (χ4n) is 3.13. The van der Waals surface area contributed by atoms with Gasteiger partial charge in [0.15, 0.2) is 0 Å². The average molecular weight is 429 g/mol. The van der Waals surface area contributed by atoms with Crippen LogP contribution in [0.15, 0.2) is 54.7 Å². The van der Waals surface area contributed by atoms with Crippen molar-refractivity contribution in [2.75, 3.05) is 6.61 Å². The van der Waals surface area contributed by atoms with Crippen molar-refractivity contribution in [3.05, 3.63) is 76.4 Å². The summed E-state index contributed by atoms with van der Waals surface area (Å²) in [5, 5.41) is 2.09. The molecule has 2 N–H and O–H groups in total. The van der Waals surface area contributed by atoms with Crippen molar-refractivity contribution in [1.29, 1.82) is 0 Å². The summed E-state index contributed by atoms with van der Waals surface area (Å²) in [4.78, 5) is 31.3.